The van der Waals surface area contributed by atoms with E-state index in [0.717, 1.165) is 76.1 Å². The van der Waals surface area contributed by atoms with Crippen LogP contribution in [-0.4, -0.2) is 73.0 Å². The van der Waals surface area contributed by atoms with Crippen LogP contribution in [0.5, 0.6) is 0 Å². The number of rotatable bonds is 12. The monoisotopic (exact) mass is 691 g/mol. The number of piperidine rings is 1. The molecule has 3 aromatic carbocycles. The van der Waals surface area contributed by atoms with Gasteiger partial charge in [0, 0.05) is 58.3 Å². The number of benzene rings is 3. The average molecular weight is 692 g/mol. The van der Waals surface area contributed by atoms with Gasteiger partial charge in [-0.25, -0.2) is 9.37 Å². The van der Waals surface area contributed by atoms with E-state index in [4.69, 9.17) is 9.40 Å². The molecular formula is C44H58FN5O. The minimum absolute atomic E-state index is 0.164. The zero-order valence-corrected chi connectivity index (χ0v) is 31.1. The van der Waals surface area contributed by atoms with E-state index in [0.29, 0.717) is 23.8 Å². The highest BCUT2D eigenvalue weighted by Crippen LogP contribution is 2.43. The summed E-state index contributed by atoms with van der Waals surface area (Å²) in [4.78, 5) is 15.6. The Morgan fingerprint density at radius 1 is 0.804 bits per heavy atom. The molecule has 0 bridgehead atoms. The van der Waals surface area contributed by atoms with Gasteiger partial charge in [0.2, 0.25) is 11.8 Å². The fourth-order valence-corrected chi connectivity index (χ4v) is 9.22. The lowest BCUT2D eigenvalue weighted by Gasteiger charge is -2.41. The summed E-state index contributed by atoms with van der Waals surface area (Å²) in [5.74, 6) is 3.60. The molecule has 3 fully saturated rings. The van der Waals surface area contributed by atoms with E-state index < -0.39 is 0 Å². The molecule has 0 N–H and O–H groups in total. The van der Waals surface area contributed by atoms with Crippen LogP contribution in [0.4, 0.5) is 10.3 Å². The third-order valence-electron chi connectivity index (χ3n) is 11.9. The van der Waals surface area contributed by atoms with Gasteiger partial charge in [-0.05, 0) is 92.8 Å². The van der Waals surface area contributed by atoms with Crippen molar-refractivity contribution in [2.75, 3.05) is 58.3 Å². The van der Waals surface area contributed by atoms with E-state index >= 15 is 0 Å². The Kier molecular flexibility index (Phi) is 11.9. The summed E-state index contributed by atoms with van der Waals surface area (Å²) in [7, 11) is 4.34. The summed E-state index contributed by atoms with van der Waals surface area (Å²) in [6.45, 7) is 9.58. The van der Waals surface area contributed by atoms with Crippen molar-refractivity contribution in [3.63, 3.8) is 0 Å². The van der Waals surface area contributed by atoms with Crippen LogP contribution in [0.3, 0.4) is 0 Å². The number of hydrogen-bond acceptors (Lipinski definition) is 6. The first-order chi connectivity index (χ1) is 24.9. The molecule has 3 atom stereocenters. The third-order valence-corrected chi connectivity index (χ3v) is 11.9. The van der Waals surface area contributed by atoms with Crippen molar-refractivity contribution in [1.29, 1.82) is 0 Å². The van der Waals surface area contributed by atoms with Gasteiger partial charge in [-0.1, -0.05) is 92.6 Å². The van der Waals surface area contributed by atoms with Gasteiger partial charge in [0.25, 0.3) is 0 Å². The fourth-order valence-electron chi connectivity index (χ4n) is 9.22. The van der Waals surface area contributed by atoms with Crippen LogP contribution in [0.2, 0.25) is 0 Å². The van der Waals surface area contributed by atoms with Gasteiger partial charge in [-0.2, -0.15) is 0 Å². The van der Waals surface area contributed by atoms with Crippen molar-refractivity contribution in [3.8, 4) is 0 Å². The molecule has 1 aliphatic carbocycles. The third kappa shape index (κ3) is 9.11. The van der Waals surface area contributed by atoms with Gasteiger partial charge < -0.3 is 14.2 Å². The maximum atomic E-state index is 13.8. The molecule has 4 aromatic rings. The predicted octanol–water partition coefficient (Wildman–Crippen LogP) is 9.00. The molecule has 0 spiro atoms. The Labute approximate surface area is 305 Å². The normalized spacial score (nSPS) is 23.4. The smallest absolute Gasteiger partial charge is 0.220 e. The average Bonchev–Trinajstić information content (AvgIpc) is 3.56. The number of anilines is 1. The van der Waals surface area contributed by atoms with Crippen molar-refractivity contribution in [1.82, 2.24) is 19.7 Å². The molecule has 3 unspecified atom stereocenters. The second kappa shape index (κ2) is 16.9. The molecular weight excluding hydrogens is 634 g/mol. The molecule has 2 aliphatic heterocycles. The molecule has 51 heavy (non-hydrogen) atoms. The molecule has 1 aromatic heterocycles. The van der Waals surface area contributed by atoms with Crippen LogP contribution in [0, 0.1) is 23.6 Å². The molecule has 3 heterocycles. The summed E-state index contributed by atoms with van der Waals surface area (Å²) in [5.41, 5.74) is 4.98. The van der Waals surface area contributed by atoms with E-state index in [1.165, 1.54) is 55.2 Å². The van der Waals surface area contributed by atoms with Gasteiger partial charge in [0.15, 0.2) is 0 Å². The Balaban J connectivity index is 1.12. The lowest BCUT2D eigenvalue weighted by Crippen LogP contribution is -2.47. The maximum absolute atomic E-state index is 13.8. The molecule has 7 heteroatoms. The highest BCUT2D eigenvalue weighted by atomic mass is 19.1. The van der Waals surface area contributed by atoms with Gasteiger partial charge in [0.05, 0.1) is 6.04 Å². The van der Waals surface area contributed by atoms with Gasteiger partial charge in [-0.3, -0.25) is 9.80 Å². The quantitative estimate of drug-likeness (QED) is 0.148. The predicted molar refractivity (Wildman–Crippen MR) is 205 cm³/mol. The Morgan fingerprint density at radius 3 is 2.12 bits per heavy atom. The SMILES string of the molecule is CC1CCCN(c2oc(C(CC3CCC(C(c4ccc(F)cc4)N(C)C)CC3)N3CCN(Cc4ccccc4)CC3)nc2Cc2ccccc2)C1. The van der Waals surface area contributed by atoms with Crippen molar-refractivity contribution in [2.24, 2.45) is 17.8 Å². The number of hydrogen-bond donors (Lipinski definition) is 0. The number of oxazole rings is 1. The highest BCUT2D eigenvalue weighted by molar-refractivity contribution is 5.44. The number of piperazine rings is 1. The zero-order chi connectivity index (χ0) is 35.2. The molecule has 1 saturated carbocycles. The molecule has 6 nitrogen and oxygen atoms in total. The largest absolute Gasteiger partial charge is 0.423 e. The van der Waals surface area contributed by atoms with Crippen LogP contribution in [0.1, 0.15) is 92.2 Å². The van der Waals surface area contributed by atoms with E-state index in [-0.39, 0.29) is 11.9 Å². The molecule has 0 amide bonds. The Morgan fingerprint density at radius 2 is 1.47 bits per heavy atom. The fraction of sp³-hybridized carbons (Fsp3) is 0.523. The van der Waals surface area contributed by atoms with Crippen LogP contribution in [0.15, 0.2) is 89.3 Å². The standard InChI is InChI=1S/C44H58FN5O/c1-33-11-10-24-50(31-33)44-40(29-34-12-6-4-7-13-34)46-43(51-44)41(49-27-25-48(26-28-49)32-36-14-8-5-9-15-36)30-35-16-18-37(19-17-35)42(47(2)3)38-20-22-39(45)23-21-38/h4-9,12-15,20-23,33,35,37,41-42H,10-11,16-19,24-32H2,1-3H3. The summed E-state index contributed by atoms with van der Waals surface area (Å²) >= 11 is 0. The Bertz CT molecular complexity index is 1630. The van der Waals surface area contributed by atoms with Crippen molar-refractivity contribution >= 4 is 5.88 Å². The zero-order valence-electron chi connectivity index (χ0n) is 31.1. The summed E-state index contributed by atoms with van der Waals surface area (Å²) in [5, 5.41) is 0. The van der Waals surface area contributed by atoms with E-state index in [9.17, 15) is 4.39 Å². The van der Waals surface area contributed by atoms with Crippen LogP contribution in [0.25, 0.3) is 0 Å². The molecule has 0 radical (unpaired) electrons. The summed E-state index contributed by atoms with van der Waals surface area (Å²) < 4.78 is 20.8. The maximum Gasteiger partial charge on any atom is 0.220 e. The van der Waals surface area contributed by atoms with Gasteiger partial charge in [-0.15, -0.1) is 0 Å². The topological polar surface area (TPSA) is 39.0 Å². The second-order valence-electron chi connectivity index (χ2n) is 15.9. The first-order valence-electron chi connectivity index (χ1n) is 19.6. The van der Waals surface area contributed by atoms with Crippen LogP contribution in [-0.2, 0) is 13.0 Å². The molecule has 7 rings (SSSR count). The Hall–Kier alpha value is -3.52. The lowest BCUT2D eigenvalue weighted by molar-refractivity contribution is 0.0593. The van der Waals surface area contributed by atoms with Gasteiger partial charge >= 0.3 is 0 Å². The van der Waals surface area contributed by atoms with Gasteiger partial charge in [0.1, 0.15) is 11.5 Å². The van der Waals surface area contributed by atoms with Crippen molar-refractivity contribution in [3.05, 3.63) is 119 Å². The second-order valence-corrected chi connectivity index (χ2v) is 15.9. The van der Waals surface area contributed by atoms with Crippen LogP contribution < -0.4 is 4.90 Å². The number of halogens is 1. The number of aromatic nitrogens is 1. The minimum atomic E-state index is -0.164. The summed E-state index contributed by atoms with van der Waals surface area (Å²) in [6, 6.07) is 29.3. The lowest BCUT2D eigenvalue weighted by atomic mass is 9.74. The van der Waals surface area contributed by atoms with E-state index in [2.05, 4.69) is 101 Å². The van der Waals surface area contributed by atoms with Crippen molar-refractivity contribution in [2.45, 2.75) is 76.9 Å². The summed E-state index contributed by atoms with van der Waals surface area (Å²) in [6.07, 6.45) is 9.13. The highest BCUT2D eigenvalue weighted by Gasteiger charge is 2.36. The van der Waals surface area contributed by atoms with Crippen LogP contribution >= 0.6 is 0 Å². The molecule has 2 saturated heterocycles. The molecule has 3 aliphatic rings. The first kappa shape index (κ1) is 35.9. The van der Waals surface area contributed by atoms with E-state index in [1.807, 2.05) is 12.1 Å². The van der Waals surface area contributed by atoms with E-state index in [1.54, 1.807) is 12.1 Å². The first-order valence-corrected chi connectivity index (χ1v) is 19.6. The van der Waals surface area contributed by atoms with Crippen molar-refractivity contribution < 1.29 is 8.81 Å². The minimum Gasteiger partial charge on any atom is -0.423 e. The molecule has 272 valence electrons. The number of nitrogens with zero attached hydrogens (tertiary/aromatic N) is 5.